The molecule has 0 saturated carbocycles. The van der Waals surface area contributed by atoms with E-state index in [-0.39, 0.29) is 48.3 Å². The molecular weight excluding hydrogens is 428 g/mol. The van der Waals surface area contributed by atoms with Gasteiger partial charge < -0.3 is 14.2 Å². The van der Waals surface area contributed by atoms with Crippen LogP contribution in [0.25, 0.3) is 6.08 Å². The largest absolute Gasteiger partial charge is 0.493 e. The lowest BCUT2D eigenvalue weighted by molar-refractivity contribution is -0.136. The van der Waals surface area contributed by atoms with Crippen molar-refractivity contribution in [2.75, 3.05) is 20.8 Å². The second-order valence-corrected chi connectivity index (χ2v) is 6.96. The first kappa shape index (κ1) is 23.2. The molecular formula is C24H20N2O7. The smallest absolute Gasteiger partial charge is 0.348 e. The van der Waals surface area contributed by atoms with Crippen LogP contribution in [-0.2, 0) is 14.3 Å². The molecule has 9 nitrogen and oxygen atoms in total. The first-order valence-corrected chi connectivity index (χ1v) is 9.93. The van der Waals surface area contributed by atoms with Crippen LogP contribution in [0.4, 0.5) is 0 Å². The summed E-state index contributed by atoms with van der Waals surface area (Å²) in [6, 6.07) is 12.8. The molecule has 2 aromatic carbocycles. The van der Waals surface area contributed by atoms with E-state index in [1.807, 2.05) is 0 Å². The van der Waals surface area contributed by atoms with Gasteiger partial charge in [0.25, 0.3) is 11.8 Å². The lowest BCUT2D eigenvalue weighted by atomic mass is 10.1. The minimum atomic E-state index is -0.773. The van der Waals surface area contributed by atoms with Crippen LogP contribution in [-0.4, -0.2) is 49.4 Å². The van der Waals surface area contributed by atoms with Crippen LogP contribution in [0, 0.1) is 11.3 Å². The molecule has 0 spiro atoms. The number of fused-ring (bicyclic) bond motifs is 1. The molecule has 33 heavy (non-hydrogen) atoms. The fourth-order valence-corrected chi connectivity index (χ4v) is 3.27. The van der Waals surface area contributed by atoms with Crippen LogP contribution in [0.1, 0.15) is 39.1 Å². The number of ether oxygens (including phenoxy) is 3. The molecule has 0 aromatic heterocycles. The summed E-state index contributed by atoms with van der Waals surface area (Å²) in [6.45, 7) is 0.0901. The third-order valence-corrected chi connectivity index (χ3v) is 4.89. The van der Waals surface area contributed by atoms with Crippen LogP contribution >= 0.6 is 0 Å². The standard InChI is InChI=1S/C24H20N2O7/c1-31-20-13-15(12-16(14-25)24(30)32-2)9-10-19(20)33-21(27)8-5-11-26-22(28)17-6-3-4-7-18(17)23(26)29/h3-4,6-7,9-10,12-13H,5,8,11H2,1-2H3/b16-12+. The molecule has 1 aliphatic rings. The average Bonchev–Trinajstić information content (AvgIpc) is 3.07. The molecule has 0 fully saturated rings. The maximum absolute atomic E-state index is 12.4. The van der Waals surface area contributed by atoms with Gasteiger partial charge >= 0.3 is 11.9 Å². The highest BCUT2D eigenvalue weighted by Gasteiger charge is 2.34. The Morgan fingerprint density at radius 2 is 1.70 bits per heavy atom. The van der Waals surface area contributed by atoms with E-state index in [2.05, 4.69) is 4.74 Å². The molecule has 1 heterocycles. The van der Waals surface area contributed by atoms with Gasteiger partial charge in [0, 0.05) is 13.0 Å². The number of carbonyl (C=O) groups is 4. The van der Waals surface area contributed by atoms with Gasteiger partial charge in [-0.15, -0.1) is 0 Å². The van der Waals surface area contributed by atoms with Gasteiger partial charge in [0.15, 0.2) is 11.5 Å². The number of nitrogens with zero attached hydrogens (tertiary/aromatic N) is 2. The highest BCUT2D eigenvalue weighted by Crippen LogP contribution is 2.29. The van der Waals surface area contributed by atoms with E-state index in [0.29, 0.717) is 16.7 Å². The molecule has 0 unspecified atom stereocenters. The third-order valence-electron chi connectivity index (χ3n) is 4.89. The Bertz CT molecular complexity index is 1160. The molecule has 3 rings (SSSR count). The fraction of sp³-hybridized carbons (Fsp3) is 0.208. The topological polar surface area (TPSA) is 123 Å². The molecule has 2 amide bonds. The molecule has 9 heteroatoms. The summed E-state index contributed by atoms with van der Waals surface area (Å²) >= 11 is 0. The van der Waals surface area contributed by atoms with Crippen molar-refractivity contribution in [1.29, 1.82) is 5.26 Å². The van der Waals surface area contributed by atoms with Crippen molar-refractivity contribution in [3.05, 3.63) is 64.7 Å². The number of hydrogen-bond donors (Lipinski definition) is 0. The van der Waals surface area contributed by atoms with Gasteiger partial charge in [0.05, 0.1) is 25.3 Å². The zero-order chi connectivity index (χ0) is 24.0. The summed E-state index contributed by atoms with van der Waals surface area (Å²) in [7, 11) is 2.55. The Morgan fingerprint density at radius 3 is 2.27 bits per heavy atom. The maximum Gasteiger partial charge on any atom is 0.348 e. The molecule has 1 aliphatic heterocycles. The van der Waals surface area contributed by atoms with Crippen LogP contribution in [0.3, 0.4) is 0 Å². The maximum atomic E-state index is 12.4. The Labute approximate surface area is 189 Å². The number of carbonyl (C=O) groups excluding carboxylic acids is 4. The van der Waals surface area contributed by atoms with Crippen molar-refractivity contribution in [3.63, 3.8) is 0 Å². The van der Waals surface area contributed by atoms with E-state index in [1.54, 1.807) is 36.4 Å². The Balaban J connectivity index is 1.60. The van der Waals surface area contributed by atoms with E-state index in [0.717, 1.165) is 4.90 Å². The molecule has 168 valence electrons. The monoisotopic (exact) mass is 448 g/mol. The van der Waals surface area contributed by atoms with E-state index in [1.165, 1.54) is 32.4 Å². The third kappa shape index (κ3) is 5.07. The van der Waals surface area contributed by atoms with Gasteiger partial charge in [0.2, 0.25) is 0 Å². The summed E-state index contributed by atoms with van der Waals surface area (Å²) in [5.74, 6) is -1.72. The number of amides is 2. The minimum Gasteiger partial charge on any atom is -0.493 e. The molecule has 0 saturated heterocycles. The van der Waals surface area contributed by atoms with Crippen molar-refractivity contribution in [2.45, 2.75) is 12.8 Å². The highest BCUT2D eigenvalue weighted by atomic mass is 16.6. The van der Waals surface area contributed by atoms with Crippen LogP contribution in [0.15, 0.2) is 48.0 Å². The first-order chi connectivity index (χ1) is 15.9. The van der Waals surface area contributed by atoms with E-state index >= 15 is 0 Å². The van der Waals surface area contributed by atoms with Crippen molar-refractivity contribution in [2.24, 2.45) is 0 Å². The summed E-state index contributed by atoms with van der Waals surface area (Å²) in [4.78, 5) is 49.7. The Morgan fingerprint density at radius 1 is 1.03 bits per heavy atom. The zero-order valence-electron chi connectivity index (χ0n) is 18.0. The Hall–Kier alpha value is -4.45. The van der Waals surface area contributed by atoms with Crippen molar-refractivity contribution >= 4 is 29.8 Å². The molecule has 0 aliphatic carbocycles. The predicted octanol–water partition coefficient (Wildman–Crippen LogP) is 2.76. The predicted molar refractivity (Wildman–Crippen MR) is 115 cm³/mol. The van der Waals surface area contributed by atoms with Crippen molar-refractivity contribution in [3.8, 4) is 17.6 Å². The van der Waals surface area contributed by atoms with Gasteiger partial charge in [0.1, 0.15) is 11.6 Å². The zero-order valence-corrected chi connectivity index (χ0v) is 18.0. The lowest BCUT2D eigenvalue weighted by Gasteiger charge is -2.14. The number of benzene rings is 2. The fourth-order valence-electron chi connectivity index (χ4n) is 3.27. The minimum absolute atomic E-state index is 0.0286. The summed E-state index contributed by atoms with van der Waals surface area (Å²) in [5, 5.41) is 9.07. The highest BCUT2D eigenvalue weighted by molar-refractivity contribution is 6.21. The number of nitriles is 1. The van der Waals surface area contributed by atoms with Gasteiger partial charge in [-0.3, -0.25) is 19.3 Å². The second-order valence-electron chi connectivity index (χ2n) is 6.96. The second kappa shape index (κ2) is 10.2. The molecule has 0 N–H and O–H groups in total. The van der Waals surface area contributed by atoms with E-state index < -0.39 is 11.9 Å². The average molecular weight is 448 g/mol. The van der Waals surface area contributed by atoms with Gasteiger partial charge in [-0.25, -0.2) is 4.79 Å². The first-order valence-electron chi connectivity index (χ1n) is 9.93. The van der Waals surface area contributed by atoms with Crippen LogP contribution < -0.4 is 9.47 Å². The molecule has 2 aromatic rings. The SMILES string of the molecule is COC(=O)/C(C#N)=C/c1ccc(OC(=O)CCCN2C(=O)c3ccccc3C2=O)c(OC)c1. The number of hydrogen-bond acceptors (Lipinski definition) is 8. The summed E-state index contributed by atoms with van der Waals surface area (Å²) in [5.41, 5.74) is 0.989. The summed E-state index contributed by atoms with van der Waals surface area (Å²) < 4.78 is 15.1. The quantitative estimate of drug-likeness (QED) is 0.199. The van der Waals surface area contributed by atoms with Gasteiger partial charge in [-0.2, -0.15) is 5.26 Å². The summed E-state index contributed by atoms with van der Waals surface area (Å²) in [6.07, 6.45) is 1.53. The molecule has 0 radical (unpaired) electrons. The van der Waals surface area contributed by atoms with Crippen molar-refractivity contribution in [1.82, 2.24) is 4.90 Å². The van der Waals surface area contributed by atoms with Gasteiger partial charge in [-0.1, -0.05) is 18.2 Å². The number of methoxy groups -OCH3 is 2. The van der Waals surface area contributed by atoms with Gasteiger partial charge in [-0.05, 0) is 42.3 Å². The number of imide groups is 1. The Kier molecular flexibility index (Phi) is 7.20. The van der Waals surface area contributed by atoms with Crippen LogP contribution in [0.5, 0.6) is 11.5 Å². The van der Waals surface area contributed by atoms with Crippen molar-refractivity contribution < 1.29 is 33.4 Å². The number of esters is 2. The van der Waals surface area contributed by atoms with E-state index in [4.69, 9.17) is 14.7 Å². The molecule has 0 bridgehead atoms. The number of rotatable bonds is 8. The molecule has 0 atom stereocenters. The normalized spacial score (nSPS) is 12.8. The van der Waals surface area contributed by atoms with E-state index in [9.17, 15) is 19.2 Å². The van der Waals surface area contributed by atoms with Crippen LogP contribution in [0.2, 0.25) is 0 Å². The lowest BCUT2D eigenvalue weighted by Crippen LogP contribution is -2.31.